The summed E-state index contributed by atoms with van der Waals surface area (Å²) in [6.45, 7) is 2.95. The molecule has 0 aliphatic heterocycles. The van der Waals surface area contributed by atoms with Crippen LogP contribution >= 0.6 is 7.60 Å². The zero-order valence-electron chi connectivity index (χ0n) is 14.7. The molecule has 8 heteroatoms. The van der Waals surface area contributed by atoms with Gasteiger partial charge < -0.3 is 9.05 Å². The van der Waals surface area contributed by atoms with Gasteiger partial charge in [-0.15, -0.1) is 0 Å². The number of nitrogens with two attached hydrogens (primary N) is 1. The van der Waals surface area contributed by atoms with E-state index in [9.17, 15) is 13.3 Å². The Balaban J connectivity index is 2.39. The predicted molar refractivity (Wildman–Crippen MR) is 95.6 cm³/mol. The summed E-state index contributed by atoms with van der Waals surface area (Å²) < 4.78 is 52.0. The highest BCUT2D eigenvalue weighted by atomic mass is 31.2. The highest BCUT2D eigenvalue weighted by Crippen LogP contribution is 2.66. The second-order valence-electron chi connectivity index (χ2n) is 5.46. The molecular formula is C18H22F2NO4P. The Hall–Kier alpha value is -1.63. The van der Waals surface area contributed by atoms with Crippen LogP contribution in [-0.4, -0.2) is 13.2 Å². The fraction of sp³-hybridized carbons (Fsp3) is 0.333. The van der Waals surface area contributed by atoms with E-state index in [1.165, 1.54) is 32.0 Å². The lowest BCUT2D eigenvalue weighted by molar-refractivity contribution is 0.0361. The molecule has 0 saturated carbocycles. The Bertz CT molecular complexity index is 758. The van der Waals surface area contributed by atoms with Gasteiger partial charge in [0.2, 0.25) is 0 Å². The first-order chi connectivity index (χ1) is 12.4. The molecule has 0 saturated heterocycles. The van der Waals surface area contributed by atoms with Gasteiger partial charge in [0, 0.05) is 5.56 Å². The molecule has 0 fully saturated rings. The molecule has 0 aliphatic rings. The van der Waals surface area contributed by atoms with Gasteiger partial charge >= 0.3 is 13.3 Å². The van der Waals surface area contributed by atoms with Crippen LogP contribution in [0.3, 0.4) is 0 Å². The molecule has 0 aromatic heterocycles. The molecule has 0 bridgehead atoms. The molecule has 0 spiro atoms. The summed E-state index contributed by atoms with van der Waals surface area (Å²) in [6.07, 6.45) is 0. The number of halogens is 2. The van der Waals surface area contributed by atoms with Crippen molar-refractivity contribution in [3.05, 3.63) is 59.7 Å². The van der Waals surface area contributed by atoms with Crippen molar-refractivity contribution in [3.63, 3.8) is 0 Å². The zero-order chi connectivity index (χ0) is 19.2. The van der Waals surface area contributed by atoms with Crippen LogP contribution in [0.5, 0.6) is 0 Å². The molecular weight excluding hydrogens is 363 g/mol. The molecule has 2 aromatic rings. The molecule has 0 aliphatic carbocycles. The summed E-state index contributed by atoms with van der Waals surface area (Å²) in [5.41, 5.74) is -2.04. The quantitative estimate of drug-likeness (QED) is 0.483. The third kappa shape index (κ3) is 4.37. The average molecular weight is 385 g/mol. The van der Waals surface area contributed by atoms with Crippen molar-refractivity contribution in [2.75, 3.05) is 13.2 Å². The van der Waals surface area contributed by atoms with E-state index in [4.69, 9.17) is 14.9 Å². The van der Waals surface area contributed by atoms with E-state index in [0.717, 1.165) is 11.1 Å². The maximum Gasteiger partial charge on any atom is 0.404 e. The van der Waals surface area contributed by atoms with Crippen LogP contribution in [0.25, 0.3) is 11.1 Å². The lowest BCUT2D eigenvalue weighted by Crippen LogP contribution is -2.18. The first-order valence-corrected chi connectivity index (χ1v) is 9.70. The van der Waals surface area contributed by atoms with Crippen molar-refractivity contribution >= 4 is 7.60 Å². The Morgan fingerprint density at radius 1 is 1.00 bits per heavy atom. The van der Waals surface area contributed by atoms with E-state index in [-0.39, 0.29) is 19.8 Å². The number of rotatable bonds is 9. The summed E-state index contributed by atoms with van der Waals surface area (Å²) in [6, 6.07) is 12.8. The maximum absolute atomic E-state index is 14.9. The summed E-state index contributed by atoms with van der Waals surface area (Å²) in [7, 11) is -4.64. The fourth-order valence-electron chi connectivity index (χ4n) is 2.47. The van der Waals surface area contributed by atoms with Crippen LogP contribution in [0.2, 0.25) is 0 Å². The number of hydrogen-bond acceptors (Lipinski definition) is 5. The normalized spacial score (nSPS) is 12.3. The second-order valence-corrected chi connectivity index (χ2v) is 7.54. The highest BCUT2D eigenvalue weighted by molar-refractivity contribution is 7.54. The summed E-state index contributed by atoms with van der Waals surface area (Å²) in [5, 5.41) is 0. The molecule has 0 amide bonds. The van der Waals surface area contributed by atoms with Crippen molar-refractivity contribution < 1.29 is 27.2 Å². The van der Waals surface area contributed by atoms with Gasteiger partial charge in [0.1, 0.15) is 0 Å². The van der Waals surface area contributed by atoms with Crippen LogP contribution < -0.4 is 5.90 Å². The van der Waals surface area contributed by atoms with Crippen LogP contribution in [0.4, 0.5) is 8.78 Å². The standard InChI is InChI=1S/C18H22F2NO4P/c1-3-24-26(22,25-4-2)18(19,20)17-7-5-6-16(12-17)15-10-8-14(9-11-15)13-23-21/h5-12H,3-4,13,21H2,1-2H3. The maximum atomic E-state index is 14.9. The molecule has 0 radical (unpaired) electrons. The minimum Gasteiger partial charge on any atom is -0.304 e. The van der Waals surface area contributed by atoms with Crippen molar-refractivity contribution in [2.24, 2.45) is 5.90 Å². The van der Waals surface area contributed by atoms with Gasteiger partial charge in [0.05, 0.1) is 19.8 Å². The van der Waals surface area contributed by atoms with Crippen molar-refractivity contribution in [1.82, 2.24) is 0 Å². The highest BCUT2D eigenvalue weighted by Gasteiger charge is 2.54. The SMILES string of the molecule is CCOP(=O)(OCC)C(F)(F)c1cccc(-c2ccc(CON)cc2)c1. The topological polar surface area (TPSA) is 70.8 Å². The van der Waals surface area contributed by atoms with Gasteiger partial charge in [-0.1, -0.05) is 42.5 Å². The Labute approximate surface area is 151 Å². The first-order valence-electron chi connectivity index (χ1n) is 8.16. The van der Waals surface area contributed by atoms with Crippen LogP contribution in [-0.2, 0) is 30.7 Å². The van der Waals surface area contributed by atoms with E-state index < -0.39 is 18.8 Å². The summed E-state index contributed by atoms with van der Waals surface area (Å²) in [5.74, 6) is 5.03. The smallest absolute Gasteiger partial charge is 0.304 e. The monoisotopic (exact) mass is 385 g/mol. The van der Waals surface area contributed by atoms with E-state index >= 15 is 0 Å². The largest absolute Gasteiger partial charge is 0.404 e. The lowest BCUT2D eigenvalue weighted by atomic mass is 10.0. The average Bonchev–Trinajstić information content (AvgIpc) is 2.63. The van der Waals surface area contributed by atoms with Crippen molar-refractivity contribution in [2.45, 2.75) is 26.1 Å². The number of hydrogen-bond donors (Lipinski definition) is 1. The van der Waals surface area contributed by atoms with Crippen LogP contribution in [0.15, 0.2) is 48.5 Å². The molecule has 26 heavy (non-hydrogen) atoms. The number of alkyl halides is 2. The third-order valence-corrected chi connectivity index (χ3v) is 5.83. The van der Waals surface area contributed by atoms with Gasteiger partial charge in [0.25, 0.3) is 0 Å². The molecule has 2 rings (SSSR count). The molecule has 0 atom stereocenters. The van der Waals surface area contributed by atoms with E-state index in [0.29, 0.717) is 5.56 Å². The molecule has 0 heterocycles. The Morgan fingerprint density at radius 2 is 1.62 bits per heavy atom. The van der Waals surface area contributed by atoms with Gasteiger partial charge in [0.15, 0.2) is 0 Å². The zero-order valence-corrected chi connectivity index (χ0v) is 15.5. The van der Waals surface area contributed by atoms with Gasteiger partial charge in [-0.05, 0) is 36.6 Å². The third-order valence-electron chi connectivity index (χ3n) is 3.69. The van der Waals surface area contributed by atoms with Crippen molar-refractivity contribution in [3.8, 4) is 11.1 Å². The first kappa shape index (κ1) is 20.7. The van der Waals surface area contributed by atoms with Crippen molar-refractivity contribution in [1.29, 1.82) is 0 Å². The van der Waals surface area contributed by atoms with E-state index in [2.05, 4.69) is 4.84 Å². The molecule has 2 aromatic carbocycles. The van der Waals surface area contributed by atoms with Crippen LogP contribution in [0.1, 0.15) is 25.0 Å². The molecule has 0 unspecified atom stereocenters. The van der Waals surface area contributed by atoms with E-state index in [1.807, 2.05) is 0 Å². The molecule has 142 valence electrons. The number of benzene rings is 2. The van der Waals surface area contributed by atoms with E-state index in [1.54, 1.807) is 30.3 Å². The summed E-state index contributed by atoms with van der Waals surface area (Å²) in [4.78, 5) is 4.56. The lowest BCUT2D eigenvalue weighted by Gasteiger charge is -2.26. The minimum atomic E-state index is -4.64. The predicted octanol–water partition coefficient (Wildman–Crippen LogP) is 5.06. The van der Waals surface area contributed by atoms with Gasteiger partial charge in [-0.25, -0.2) is 5.90 Å². The fourth-order valence-corrected chi connectivity index (χ4v) is 4.01. The molecule has 5 nitrogen and oxygen atoms in total. The summed E-state index contributed by atoms with van der Waals surface area (Å²) >= 11 is 0. The van der Waals surface area contributed by atoms with Crippen LogP contribution in [0, 0.1) is 0 Å². The second kappa shape index (κ2) is 8.84. The minimum absolute atomic E-state index is 0.142. The van der Waals surface area contributed by atoms with Gasteiger partial charge in [-0.2, -0.15) is 8.78 Å². The van der Waals surface area contributed by atoms with Gasteiger partial charge in [-0.3, -0.25) is 9.40 Å². The Kier molecular flexibility index (Phi) is 7.03. The molecule has 2 N–H and O–H groups in total. The Morgan fingerprint density at radius 3 is 2.15 bits per heavy atom.